The molecule has 0 spiro atoms. The van der Waals surface area contributed by atoms with Crippen LogP contribution in [0.5, 0.6) is 0 Å². The first-order chi connectivity index (χ1) is 11.4. The van der Waals surface area contributed by atoms with Crippen molar-refractivity contribution in [3.63, 3.8) is 0 Å². The van der Waals surface area contributed by atoms with Crippen molar-refractivity contribution >= 4 is 5.97 Å². The van der Waals surface area contributed by atoms with Gasteiger partial charge in [0.15, 0.2) is 0 Å². The van der Waals surface area contributed by atoms with Crippen LogP contribution in [0.1, 0.15) is 70.4 Å². The van der Waals surface area contributed by atoms with Gasteiger partial charge in [0.05, 0.1) is 25.1 Å². The van der Waals surface area contributed by atoms with E-state index in [0.717, 1.165) is 32.1 Å². The monoisotopic (exact) mass is 330 g/mol. The third-order valence-electron chi connectivity index (χ3n) is 8.21. The zero-order valence-electron chi connectivity index (χ0n) is 15.5. The minimum Gasteiger partial charge on any atom is -0.472 e. The molecule has 0 bridgehead atoms. The second-order valence-electron chi connectivity index (χ2n) is 9.18. The Morgan fingerprint density at radius 1 is 1.12 bits per heavy atom. The van der Waals surface area contributed by atoms with Gasteiger partial charge in [0.25, 0.3) is 0 Å². The van der Waals surface area contributed by atoms with Crippen LogP contribution in [0.25, 0.3) is 0 Å². The van der Waals surface area contributed by atoms with E-state index in [1.165, 1.54) is 24.0 Å². The molecule has 3 heteroatoms. The summed E-state index contributed by atoms with van der Waals surface area (Å²) in [6.45, 7) is 7.07. The molecule has 2 fully saturated rings. The van der Waals surface area contributed by atoms with Crippen LogP contribution in [0.15, 0.2) is 16.9 Å². The Morgan fingerprint density at radius 2 is 1.92 bits per heavy atom. The second kappa shape index (κ2) is 5.12. The number of hydrogen-bond donors (Lipinski definition) is 0. The van der Waals surface area contributed by atoms with Gasteiger partial charge in [0, 0.05) is 0 Å². The summed E-state index contributed by atoms with van der Waals surface area (Å²) in [7, 11) is 1.55. The van der Waals surface area contributed by atoms with Crippen molar-refractivity contribution < 1.29 is 13.9 Å². The number of furan rings is 1. The van der Waals surface area contributed by atoms with Gasteiger partial charge in [-0.05, 0) is 79.2 Å². The highest BCUT2D eigenvalue weighted by Gasteiger charge is 2.62. The fourth-order valence-corrected chi connectivity index (χ4v) is 7.09. The quantitative estimate of drug-likeness (QED) is 0.689. The zero-order valence-corrected chi connectivity index (χ0v) is 15.5. The maximum Gasteiger partial charge on any atom is 0.311 e. The highest BCUT2D eigenvalue weighted by molar-refractivity contribution is 5.77. The molecule has 0 radical (unpaired) electrons. The summed E-state index contributed by atoms with van der Waals surface area (Å²) in [6.07, 6.45) is 11.9. The van der Waals surface area contributed by atoms with Gasteiger partial charge >= 0.3 is 5.97 Å². The molecule has 0 saturated heterocycles. The van der Waals surface area contributed by atoms with Gasteiger partial charge in [-0.15, -0.1) is 0 Å². The highest BCUT2D eigenvalue weighted by atomic mass is 16.5. The minimum atomic E-state index is -0.320. The van der Waals surface area contributed by atoms with Gasteiger partial charge in [0.1, 0.15) is 0 Å². The van der Waals surface area contributed by atoms with Crippen LogP contribution >= 0.6 is 0 Å². The fraction of sp³-hybridized carbons (Fsp3) is 0.762. The number of carbonyl (C=O) groups is 1. The molecule has 3 aliphatic rings. The van der Waals surface area contributed by atoms with E-state index in [-0.39, 0.29) is 22.2 Å². The number of rotatable bonds is 1. The van der Waals surface area contributed by atoms with Gasteiger partial charge in [-0.1, -0.05) is 20.3 Å². The van der Waals surface area contributed by atoms with E-state index in [9.17, 15) is 4.79 Å². The molecule has 4 rings (SSSR count). The van der Waals surface area contributed by atoms with Crippen molar-refractivity contribution in [1.29, 1.82) is 0 Å². The third kappa shape index (κ3) is 1.87. The molecule has 3 aliphatic carbocycles. The summed E-state index contributed by atoms with van der Waals surface area (Å²) in [5, 5.41) is 0. The van der Waals surface area contributed by atoms with Gasteiger partial charge in [0.2, 0.25) is 0 Å². The van der Waals surface area contributed by atoms with Crippen molar-refractivity contribution in [2.75, 3.05) is 7.11 Å². The summed E-state index contributed by atoms with van der Waals surface area (Å²) in [5.74, 6) is 1.05. The van der Waals surface area contributed by atoms with Crippen LogP contribution in [0.3, 0.4) is 0 Å². The Hall–Kier alpha value is -1.25. The predicted octanol–water partition coefficient (Wildman–Crippen LogP) is 4.88. The molecule has 5 atom stereocenters. The number of ether oxygens (including phenoxy) is 1. The summed E-state index contributed by atoms with van der Waals surface area (Å²) in [5.41, 5.74) is 2.93. The summed E-state index contributed by atoms with van der Waals surface area (Å²) in [6, 6.07) is 0. The Balaban J connectivity index is 1.77. The number of esters is 1. The van der Waals surface area contributed by atoms with Crippen LogP contribution in [0.2, 0.25) is 0 Å². The van der Waals surface area contributed by atoms with Crippen LogP contribution in [-0.4, -0.2) is 13.1 Å². The Bertz CT molecular complexity index is 662. The largest absolute Gasteiger partial charge is 0.472 e. The second-order valence-corrected chi connectivity index (χ2v) is 9.18. The highest BCUT2D eigenvalue weighted by Crippen LogP contribution is 2.67. The molecule has 0 amide bonds. The standard InChI is InChI=1S/C21H30O3/c1-19-11-8-17-20(2,9-5-10-21(17,3)18(22)23-4)16(19)7-6-14-12-24-13-15(14)19/h12-13,16-17H,5-11H2,1-4H3/t16-,17+,19-,20+,21-/m0/s1. The summed E-state index contributed by atoms with van der Waals surface area (Å²) >= 11 is 0. The minimum absolute atomic E-state index is 0.00170. The van der Waals surface area contributed by atoms with Crippen molar-refractivity contribution in [2.24, 2.45) is 22.7 Å². The fourth-order valence-electron chi connectivity index (χ4n) is 7.09. The first-order valence-corrected chi connectivity index (χ1v) is 9.50. The van der Waals surface area contributed by atoms with Crippen molar-refractivity contribution in [2.45, 2.75) is 71.1 Å². The van der Waals surface area contributed by atoms with E-state index in [4.69, 9.17) is 9.15 Å². The summed E-state index contributed by atoms with van der Waals surface area (Å²) < 4.78 is 10.8. The van der Waals surface area contributed by atoms with Crippen molar-refractivity contribution in [1.82, 2.24) is 0 Å². The molecule has 2 saturated carbocycles. The lowest BCUT2D eigenvalue weighted by molar-refractivity contribution is -0.175. The van der Waals surface area contributed by atoms with Gasteiger partial charge in [-0.25, -0.2) is 0 Å². The molecule has 24 heavy (non-hydrogen) atoms. The van der Waals surface area contributed by atoms with E-state index in [1.807, 2.05) is 12.5 Å². The molecule has 0 N–H and O–H groups in total. The normalized spacial score (nSPS) is 44.2. The zero-order chi connectivity index (χ0) is 17.2. The van der Waals surface area contributed by atoms with E-state index in [1.54, 1.807) is 7.11 Å². The first-order valence-electron chi connectivity index (χ1n) is 9.50. The van der Waals surface area contributed by atoms with Crippen LogP contribution in [0, 0.1) is 22.7 Å². The summed E-state index contributed by atoms with van der Waals surface area (Å²) in [4.78, 5) is 12.6. The Labute approximate surface area is 145 Å². The van der Waals surface area contributed by atoms with Crippen LogP contribution < -0.4 is 0 Å². The molecule has 0 unspecified atom stereocenters. The van der Waals surface area contributed by atoms with Gasteiger partial charge < -0.3 is 9.15 Å². The van der Waals surface area contributed by atoms with Gasteiger partial charge in [-0.2, -0.15) is 0 Å². The van der Waals surface area contributed by atoms with Gasteiger partial charge in [-0.3, -0.25) is 4.79 Å². The SMILES string of the molecule is COC(=O)[C@@]1(C)CCC[C@]2(C)[C@H]3CCc4cocc4[C@]3(C)CC[C@H]21. The van der Waals surface area contributed by atoms with E-state index in [2.05, 4.69) is 20.8 Å². The average Bonchev–Trinajstić information content (AvgIpc) is 3.03. The van der Waals surface area contributed by atoms with Crippen molar-refractivity contribution in [3.8, 4) is 0 Å². The molecule has 0 aliphatic heterocycles. The first kappa shape index (κ1) is 16.2. The number of carbonyl (C=O) groups excluding carboxylic acids is 1. The molecule has 3 nitrogen and oxygen atoms in total. The molecule has 1 aromatic heterocycles. The molecule has 1 heterocycles. The maximum absolute atomic E-state index is 12.6. The third-order valence-corrected chi connectivity index (χ3v) is 8.21. The topological polar surface area (TPSA) is 39.4 Å². The lowest BCUT2D eigenvalue weighted by Gasteiger charge is -2.63. The molecule has 1 aromatic rings. The maximum atomic E-state index is 12.6. The average molecular weight is 330 g/mol. The molecular weight excluding hydrogens is 300 g/mol. The molecular formula is C21H30O3. The Morgan fingerprint density at radius 3 is 2.67 bits per heavy atom. The Kier molecular flexibility index (Phi) is 3.47. The van der Waals surface area contributed by atoms with E-state index < -0.39 is 0 Å². The van der Waals surface area contributed by atoms with E-state index in [0.29, 0.717) is 11.8 Å². The number of hydrogen-bond acceptors (Lipinski definition) is 3. The van der Waals surface area contributed by atoms with E-state index >= 15 is 0 Å². The van der Waals surface area contributed by atoms with Crippen LogP contribution in [-0.2, 0) is 21.4 Å². The van der Waals surface area contributed by atoms with Crippen LogP contribution in [0.4, 0.5) is 0 Å². The van der Waals surface area contributed by atoms with Crippen molar-refractivity contribution in [3.05, 3.63) is 23.7 Å². The number of aryl methyl sites for hydroxylation is 1. The lowest BCUT2D eigenvalue weighted by Crippen LogP contribution is -2.59. The lowest BCUT2D eigenvalue weighted by atomic mass is 9.40. The smallest absolute Gasteiger partial charge is 0.311 e. The molecule has 132 valence electrons. The number of methoxy groups -OCH3 is 1. The molecule has 0 aromatic carbocycles. The number of fused-ring (bicyclic) bond motifs is 5. The predicted molar refractivity (Wildman–Crippen MR) is 92.7 cm³/mol.